The van der Waals surface area contributed by atoms with Gasteiger partial charge in [-0.15, -0.1) is 0 Å². The number of nitrogens with zero attached hydrogens (tertiary/aromatic N) is 5. The topological polar surface area (TPSA) is 106 Å². The number of thiocarbonyl (C=S) groups is 1. The Hall–Kier alpha value is -3.73. The van der Waals surface area contributed by atoms with Crippen LogP contribution in [0.3, 0.4) is 0 Å². The van der Waals surface area contributed by atoms with Crippen molar-refractivity contribution in [3.63, 3.8) is 0 Å². The lowest BCUT2D eigenvalue weighted by molar-refractivity contribution is -0.137. The van der Waals surface area contributed by atoms with Crippen molar-refractivity contribution in [3.8, 4) is 11.8 Å². The maximum Gasteiger partial charge on any atom is 0.417 e. The first-order valence-electron chi connectivity index (χ1n) is 14.5. The van der Waals surface area contributed by atoms with Gasteiger partial charge in [0.15, 0.2) is 5.11 Å². The lowest BCUT2D eigenvalue weighted by Crippen LogP contribution is -2.57. The first-order chi connectivity index (χ1) is 20.7. The molecule has 9 nitrogen and oxygen atoms in total. The molecule has 0 unspecified atom stereocenters. The molecule has 2 aromatic carbocycles. The number of benzene rings is 2. The number of nitriles is 1. The van der Waals surface area contributed by atoms with Gasteiger partial charge in [0.2, 0.25) is 5.91 Å². The van der Waals surface area contributed by atoms with Crippen LogP contribution in [-0.4, -0.2) is 77.1 Å². The number of hydrogen-bond donors (Lipinski definition) is 1. The predicted molar refractivity (Wildman–Crippen MR) is 163 cm³/mol. The molecule has 0 aromatic heterocycles. The summed E-state index contributed by atoms with van der Waals surface area (Å²) in [6.45, 7) is 9.31. The Balaban J connectivity index is 1.30. The summed E-state index contributed by atoms with van der Waals surface area (Å²) in [5.74, 6) is -0.0792. The maximum atomic E-state index is 13.7. The van der Waals surface area contributed by atoms with Crippen molar-refractivity contribution in [2.45, 2.75) is 57.3 Å². The van der Waals surface area contributed by atoms with Crippen molar-refractivity contribution < 1.29 is 27.5 Å². The normalized spacial score (nSPS) is 19.8. The highest BCUT2D eigenvalue weighted by atomic mass is 32.1. The number of alkyl halides is 3. The van der Waals surface area contributed by atoms with Crippen LogP contribution in [-0.2, 0) is 22.2 Å². The Bertz CT molecular complexity index is 1530. The summed E-state index contributed by atoms with van der Waals surface area (Å²) < 4.78 is 47.2. The van der Waals surface area contributed by atoms with Gasteiger partial charge in [0.1, 0.15) is 17.9 Å². The average Bonchev–Trinajstić information content (AvgIpc) is 3.70. The third-order valence-electron chi connectivity index (χ3n) is 8.75. The van der Waals surface area contributed by atoms with E-state index in [0.29, 0.717) is 31.0 Å². The van der Waals surface area contributed by atoms with Crippen molar-refractivity contribution in [1.82, 2.24) is 9.80 Å². The molecule has 3 aliphatic rings. The molecule has 2 saturated heterocycles. The Morgan fingerprint density at radius 3 is 2.45 bits per heavy atom. The van der Waals surface area contributed by atoms with Crippen molar-refractivity contribution in [3.05, 3.63) is 53.1 Å². The molecule has 1 aliphatic carbocycles. The summed E-state index contributed by atoms with van der Waals surface area (Å²) in [4.78, 5) is 32.3. The Labute approximate surface area is 259 Å². The molecule has 2 amide bonds. The Kier molecular flexibility index (Phi) is 8.39. The minimum atomic E-state index is -4.77. The lowest BCUT2D eigenvalue weighted by atomic mass is 10.0. The first kappa shape index (κ1) is 31.7. The first-order valence-corrected chi connectivity index (χ1v) is 14.9. The number of rotatable bonds is 9. The van der Waals surface area contributed by atoms with Crippen LogP contribution in [0.4, 0.5) is 24.5 Å². The van der Waals surface area contributed by atoms with Gasteiger partial charge in [-0.25, -0.2) is 0 Å². The van der Waals surface area contributed by atoms with E-state index >= 15 is 0 Å². The zero-order valence-electron chi connectivity index (χ0n) is 24.9. The molecule has 0 radical (unpaired) electrons. The SMILES string of the molecule is CCc1cc(N2C(=S)N(c3ccc(C#N)c(C(F)(F)F)c3)C(=O)C2(C)C)ccc1OCCN1CCN(CC(N)=O)C2(CC2)C1. The van der Waals surface area contributed by atoms with Gasteiger partial charge in [-0.3, -0.25) is 24.3 Å². The molecule has 0 atom stereocenters. The summed E-state index contributed by atoms with van der Waals surface area (Å²) in [6, 6.07) is 10.2. The minimum Gasteiger partial charge on any atom is -0.492 e. The van der Waals surface area contributed by atoms with Crippen LogP contribution in [0.2, 0.25) is 0 Å². The van der Waals surface area contributed by atoms with E-state index in [1.54, 1.807) is 30.9 Å². The fourth-order valence-corrected chi connectivity index (χ4v) is 6.73. The highest BCUT2D eigenvalue weighted by Gasteiger charge is 2.52. The summed E-state index contributed by atoms with van der Waals surface area (Å²) in [6.07, 6.45) is -2.02. The van der Waals surface area contributed by atoms with Crippen molar-refractivity contribution in [2.24, 2.45) is 5.73 Å². The molecule has 13 heteroatoms. The fraction of sp³-hybridized carbons (Fsp3) is 0.484. The van der Waals surface area contributed by atoms with Gasteiger partial charge in [0.25, 0.3) is 5.91 Å². The van der Waals surface area contributed by atoms with Gasteiger partial charge in [0, 0.05) is 37.4 Å². The number of carbonyl (C=O) groups excluding carboxylic acids is 2. The second kappa shape index (κ2) is 11.6. The number of halogens is 3. The summed E-state index contributed by atoms with van der Waals surface area (Å²) >= 11 is 5.68. The van der Waals surface area contributed by atoms with Gasteiger partial charge in [-0.1, -0.05) is 6.92 Å². The predicted octanol–water partition coefficient (Wildman–Crippen LogP) is 4.07. The molecule has 1 saturated carbocycles. The van der Waals surface area contributed by atoms with E-state index in [0.717, 1.165) is 61.6 Å². The number of hydrogen-bond acceptors (Lipinski definition) is 7. The quantitative estimate of drug-likeness (QED) is 0.415. The molecule has 1 spiro atoms. The number of primary amides is 1. The molecule has 3 fully saturated rings. The number of carbonyl (C=O) groups is 2. The van der Waals surface area contributed by atoms with Gasteiger partial charge in [-0.05, 0) is 87.3 Å². The van der Waals surface area contributed by atoms with Crippen molar-refractivity contribution >= 4 is 40.5 Å². The molecule has 5 rings (SSSR count). The number of anilines is 2. The van der Waals surface area contributed by atoms with Crippen LogP contribution in [0, 0.1) is 11.3 Å². The second-order valence-corrected chi connectivity index (χ2v) is 12.4. The van der Waals surface area contributed by atoms with Crippen LogP contribution >= 0.6 is 12.2 Å². The largest absolute Gasteiger partial charge is 0.492 e. The summed E-state index contributed by atoms with van der Waals surface area (Å²) in [5.41, 5.74) is 4.09. The van der Waals surface area contributed by atoms with Crippen LogP contribution < -0.4 is 20.3 Å². The molecular formula is C31H35F3N6O3S. The number of amides is 2. The third-order valence-corrected chi connectivity index (χ3v) is 9.12. The second-order valence-electron chi connectivity index (χ2n) is 12.0. The van der Waals surface area contributed by atoms with Crippen LogP contribution in [0.1, 0.15) is 50.3 Å². The number of nitrogens with two attached hydrogens (primary N) is 1. The fourth-order valence-electron chi connectivity index (χ4n) is 6.21. The van der Waals surface area contributed by atoms with Crippen LogP contribution in [0.15, 0.2) is 36.4 Å². The zero-order chi connectivity index (χ0) is 32.0. The monoisotopic (exact) mass is 628 g/mol. The van der Waals surface area contributed by atoms with E-state index in [1.807, 2.05) is 19.1 Å². The number of ether oxygens (including phenoxy) is 1. The summed E-state index contributed by atoms with van der Waals surface area (Å²) in [7, 11) is 0. The number of aryl methyl sites for hydroxylation is 1. The molecule has 234 valence electrons. The average molecular weight is 629 g/mol. The Morgan fingerprint density at radius 2 is 1.84 bits per heavy atom. The molecule has 0 bridgehead atoms. The highest BCUT2D eigenvalue weighted by molar-refractivity contribution is 7.81. The smallest absolute Gasteiger partial charge is 0.417 e. The molecule has 44 heavy (non-hydrogen) atoms. The van der Waals surface area contributed by atoms with E-state index in [2.05, 4.69) is 9.80 Å². The van der Waals surface area contributed by atoms with Gasteiger partial charge >= 0.3 is 6.18 Å². The third kappa shape index (κ3) is 5.86. The van der Waals surface area contributed by atoms with E-state index in [1.165, 1.54) is 6.07 Å². The standard InChI is InChI=1S/C31H35F3N6O3S/c1-4-20-15-23(7-8-25(20)43-14-13-37-11-12-38(18-26(36)41)30(19-37)9-10-30)40-28(44)39(27(42)29(40,2)3)22-6-5-21(17-35)24(16-22)31(32,33)34/h5-8,15-16H,4,9-14,18-19H2,1-3H3,(H2,36,41). The van der Waals surface area contributed by atoms with Crippen LogP contribution in [0.5, 0.6) is 5.75 Å². The maximum absolute atomic E-state index is 13.7. The molecule has 2 heterocycles. The van der Waals surface area contributed by atoms with Gasteiger partial charge in [-0.2, -0.15) is 18.4 Å². The van der Waals surface area contributed by atoms with E-state index < -0.39 is 28.7 Å². The van der Waals surface area contributed by atoms with Crippen molar-refractivity contribution in [1.29, 1.82) is 5.26 Å². The van der Waals surface area contributed by atoms with E-state index in [-0.39, 0.29) is 22.2 Å². The number of piperazine rings is 1. The lowest BCUT2D eigenvalue weighted by Gasteiger charge is -2.41. The van der Waals surface area contributed by atoms with E-state index in [9.17, 15) is 28.0 Å². The summed E-state index contributed by atoms with van der Waals surface area (Å²) in [5, 5.41) is 9.21. The molecular weight excluding hydrogens is 593 g/mol. The minimum absolute atomic E-state index is 0.0398. The van der Waals surface area contributed by atoms with Crippen molar-refractivity contribution in [2.75, 3.05) is 49.1 Å². The van der Waals surface area contributed by atoms with Gasteiger partial charge < -0.3 is 15.4 Å². The highest BCUT2D eigenvalue weighted by Crippen LogP contribution is 2.44. The van der Waals surface area contributed by atoms with Gasteiger partial charge in [0.05, 0.1) is 29.4 Å². The molecule has 2 aliphatic heterocycles. The Morgan fingerprint density at radius 1 is 1.14 bits per heavy atom. The van der Waals surface area contributed by atoms with Crippen LogP contribution in [0.25, 0.3) is 0 Å². The molecule has 2 N–H and O–H groups in total. The zero-order valence-corrected chi connectivity index (χ0v) is 25.7. The van der Waals surface area contributed by atoms with E-state index in [4.69, 9.17) is 22.7 Å². The molecule has 2 aromatic rings.